The fraction of sp³-hybridized carbons (Fsp3) is 0.0833. The Morgan fingerprint density at radius 1 is 1.31 bits per heavy atom. The number of ether oxygens (including phenoxy) is 1. The fourth-order valence-electron chi connectivity index (χ4n) is 1.57. The van der Waals surface area contributed by atoms with E-state index in [1.165, 1.54) is 31.4 Å². The maximum Gasteiger partial charge on any atom is 0.165 e. The number of hydrogen-bond acceptors (Lipinski definition) is 3. The van der Waals surface area contributed by atoms with Crippen molar-refractivity contribution in [2.45, 2.75) is 0 Å². The van der Waals surface area contributed by atoms with Gasteiger partial charge in [-0.3, -0.25) is 0 Å². The molecule has 0 aliphatic carbocycles. The lowest BCUT2D eigenvalue weighted by molar-refractivity contribution is 0.387. The summed E-state index contributed by atoms with van der Waals surface area (Å²) in [5.41, 5.74) is 0.287. The smallest absolute Gasteiger partial charge is 0.165 e. The molecule has 0 amide bonds. The van der Waals surface area contributed by atoms with Crippen molar-refractivity contribution >= 4 is 10.8 Å². The van der Waals surface area contributed by atoms with Crippen LogP contribution >= 0.6 is 0 Å². The monoisotopic (exact) mass is 217 g/mol. The molecule has 4 heteroatoms. The van der Waals surface area contributed by atoms with Crippen LogP contribution in [0.5, 0.6) is 11.5 Å². The number of benzene rings is 2. The van der Waals surface area contributed by atoms with Gasteiger partial charge in [0.2, 0.25) is 0 Å². The molecule has 1 N–H and O–H groups in total. The van der Waals surface area contributed by atoms with Gasteiger partial charge in [-0.25, -0.2) is 4.39 Å². The van der Waals surface area contributed by atoms with Gasteiger partial charge in [0.05, 0.1) is 18.7 Å². The third kappa shape index (κ3) is 1.52. The molecule has 0 fully saturated rings. The molecule has 16 heavy (non-hydrogen) atoms. The van der Waals surface area contributed by atoms with Crippen molar-refractivity contribution in [3.05, 3.63) is 35.6 Å². The Hall–Kier alpha value is -2.28. The lowest BCUT2D eigenvalue weighted by Crippen LogP contribution is -1.89. The number of phenolic OH excluding ortho intramolecular Hbond substituents is 1. The van der Waals surface area contributed by atoms with Gasteiger partial charge < -0.3 is 9.84 Å². The van der Waals surface area contributed by atoms with Crippen LogP contribution in [0.4, 0.5) is 4.39 Å². The van der Waals surface area contributed by atoms with Crippen molar-refractivity contribution in [1.82, 2.24) is 0 Å². The molecule has 80 valence electrons. The van der Waals surface area contributed by atoms with Gasteiger partial charge in [-0.15, -0.1) is 0 Å². The summed E-state index contributed by atoms with van der Waals surface area (Å²) in [5, 5.41) is 19.3. The minimum atomic E-state index is -0.524. The van der Waals surface area contributed by atoms with Crippen LogP contribution in [-0.4, -0.2) is 12.2 Å². The summed E-state index contributed by atoms with van der Waals surface area (Å²) < 4.78 is 18.2. The number of phenols is 1. The summed E-state index contributed by atoms with van der Waals surface area (Å²) in [6.07, 6.45) is 0. The zero-order valence-electron chi connectivity index (χ0n) is 8.49. The van der Waals surface area contributed by atoms with E-state index in [0.29, 0.717) is 10.8 Å². The Morgan fingerprint density at radius 2 is 2.06 bits per heavy atom. The Labute approximate surface area is 91.3 Å². The lowest BCUT2D eigenvalue weighted by atomic mass is 10.1. The van der Waals surface area contributed by atoms with E-state index in [0.717, 1.165) is 0 Å². The number of aromatic hydroxyl groups is 1. The first-order valence-corrected chi connectivity index (χ1v) is 4.56. The Kier molecular flexibility index (Phi) is 2.37. The summed E-state index contributed by atoms with van der Waals surface area (Å²) in [6, 6.07) is 7.37. The second-order valence-corrected chi connectivity index (χ2v) is 3.32. The normalized spacial score (nSPS) is 10.1. The van der Waals surface area contributed by atoms with Crippen LogP contribution in [0.2, 0.25) is 0 Å². The average Bonchev–Trinajstić information content (AvgIpc) is 2.28. The molecule has 2 rings (SSSR count). The van der Waals surface area contributed by atoms with E-state index >= 15 is 0 Å². The standard InChI is InChI=1S/C12H8FNO2/c1-16-12-5-9-8(4-10(12)13)2-7(6-14)3-11(9)15/h2-5,15H,1H3. The third-order valence-electron chi connectivity index (χ3n) is 2.33. The summed E-state index contributed by atoms with van der Waals surface area (Å²) in [5.74, 6) is -0.524. The molecule has 3 nitrogen and oxygen atoms in total. The van der Waals surface area contributed by atoms with Gasteiger partial charge in [0, 0.05) is 5.39 Å². The minimum Gasteiger partial charge on any atom is -0.507 e. The maximum atomic E-state index is 13.4. The van der Waals surface area contributed by atoms with Crippen LogP contribution < -0.4 is 4.74 Å². The first-order valence-electron chi connectivity index (χ1n) is 4.56. The molecule has 2 aromatic rings. The van der Waals surface area contributed by atoms with Crippen molar-refractivity contribution in [2.24, 2.45) is 0 Å². The third-order valence-corrected chi connectivity index (χ3v) is 2.33. The first-order chi connectivity index (χ1) is 7.65. The van der Waals surface area contributed by atoms with Crippen molar-refractivity contribution in [1.29, 1.82) is 5.26 Å². The molecule has 0 aliphatic heterocycles. The zero-order chi connectivity index (χ0) is 11.7. The van der Waals surface area contributed by atoms with E-state index in [4.69, 9.17) is 10.00 Å². The predicted octanol–water partition coefficient (Wildman–Crippen LogP) is 2.56. The topological polar surface area (TPSA) is 53.2 Å². The number of nitriles is 1. The van der Waals surface area contributed by atoms with E-state index in [2.05, 4.69) is 0 Å². The molecule has 0 radical (unpaired) electrons. The van der Waals surface area contributed by atoms with Gasteiger partial charge in [0.15, 0.2) is 11.6 Å². The summed E-state index contributed by atoms with van der Waals surface area (Å²) in [4.78, 5) is 0. The molecule has 0 unspecified atom stereocenters. The Morgan fingerprint density at radius 3 is 2.69 bits per heavy atom. The molecule has 2 aromatic carbocycles. The molecule has 0 saturated carbocycles. The number of methoxy groups -OCH3 is 1. The quantitative estimate of drug-likeness (QED) is 0.798. The molecule has 0 saturated heterocycles. The van der Waals surface area contributed by atoms with E-state index in [9.17, 15) is 9.50 Å². The second-order valence-electron chi connectivity index (χ2n) is 3.32. The highest BCUT2D eigenvalue weighted by Crippen LogP contribution is 2.31. The highest BCUT2D eigenvalue weighted by atomic mass is 19.1. The average molecular weight is 217 g/mol. The molecule has 0 bridgehead atoms. The highest BCUT2D eigenvalue weighted by Gasteiger charge is 2.09. The first kappa shape index (κ1) is 10.2. The molecule has 0 aromatic heterocycles. The van der Waals surface area contributed by atoms with Crippen molar-refractivity contribution in [2.75, 3.05) is 7.11 Å². The van der Waals surface area contributed by atoms with Crippen molar-refractivity contribution in [3.8, 4) is 17.6 Å². The Bertz CT molecular complexity index is 602. The molecular formula is C12H8FNO2. The van der Waals surface area contributed by atoms with Crippen LogP contribution in [0.25, 0.3) is 10.8 Å². The number of hydrogen-bond donors (Lipinski definition) is 1. The van der Waals surface area contributed by atoms with Crippen LogP contribution in [0.15, 0.2) is 24.3 Å². The van der Waals surface area contributed by atoms with Crippen LogP contribution in [0, 0.1) is 17.1 Å². The SMILES string of the molecule is COc1cc2c(O)cc(C#N)cc2cc1F. The molecule has 0 atom stereocenters. The van der Waals surface area contributed by atoms with E-state index in [1.54, 1.807) is 0 Å². The molecule has 0 heterocycles. The molecule has 0 aliphatic rings. The van der Waals surface area contributed by atoms with Crippen LogP contribution in [0.1, 0.15) is 5.56 Å². The molecular weight excluding hydrogens is 209 g/mol. The number of fused-ring (bicyclic) bond motifs is 1. The fourth-order valence-corrected chi connectivity index (χ4v) is 1.57. The van der Waals surface area contributed by atoms with Crippen LogP contribution in [-0.2, 0) is 0 Å². The maximum absolute atomic E-state index is 13.4. The van der Waals surface area contributed by atoms with Gasteiger partial charge in [0.25, 0.3) is 0 Å². The lowest BCUT2D eigenvalue weighted by Gasteiger charge is -2.06. The van der Waals surface area contributed by atoms with Gasteiger partial charge in [-0.2, -0.15) is 5.26 Å². The second kappa shape index (κ2) is 3.70. The zero-order valence-corrected chi connectivity index (χ0v) is 8.49. The van der Waals surface area contributed by atoms with Gasteiger partial charge in [-0.05, 0) is 29.7 Å². The van der Waals surface area contributed by atoms with E-state index in [-0.39, 0.29) is 17.1 Å². The van der Waals surface area contributed by atoms with Crippen LogP contribution in [0.3, 0.4) is 0 Å². The van der Waals surface area contributed by atoms with Gasteiger partial charge >= 0.3 is 0 Å². The number of nitrogens with zero attached hydrogens (tertiary/aromatic N) is 1. The predicted molar refractivity (Wildman–Crippen MR) is 56.8 cm³/mol. The largest absolute Gasteiger partial charge is 0.507 e. The summed E-state index contributed by atoms with van der Waals surface area (Å²) in [7, 11) is 1.35. The highest BCUT2D eigenvalue weighted by molar-refractivity contribution is 5.90. The summed E-state index contributed by atoms with van der Waals surface area (Å²) >= 11 is 0. The van der Waals surface area contributed by atoms with E-state index < -0.39 is 5.82 Å². The van der Waals surface area contributed by atoms with Gasteiger partial charge in [-0.1, -0.05) is 0 Å². The molecule has 0 spiro atoms. The Balaban J connectivity index is 2.81. The number of halogens is 1. The van der Waals surface area contributed by atoms with Gasteiger partial charge in [0.1, 0.15) is 5.75 Å². The van der Waals surface area contributed by atoms with Crippen molar-refractivity contribution < 1.29 is 14.2 Å². The minimum absolute atomic E-state index is 0.0625. The van der Waals surface area contributed by atoms with E-state index in [1.807, 2.05) is 6.07 Å². The number of rotatable bonds is 1. The summed E-state index contributed by atoms with van der Waals surface area (Å²) in [6.45, 7) is 0. The van der Waals surface area contributed by atoms with Crippen molar-refractivity contribution in [3.63, 3.8) is 0 Å².